The summed E-state index contributed by atoms with van der Waals surface area (Å²) in [5.41, 5.74) is 4.00. The van der Waals surface area contributed by atoms with Crippen molar-refractivity contribution in [3.63, 3.8) is 0 Å². The third-order valence-electron chi connectivity index (χ3n) is 5.68. The second kappa shape index (κ2) is 5.67. The maximum atomic E-state index is 13.2. The lowest BCUT2D eigenvalue weighted by atomic mass is 9.68. The maximum absolute atomic E-state index is 13.2. The van der Waals surface area contributed by atoms with Crippen LogP contribution in [0.1, 0.15) is 43.7 Å². The highest BCUT2D eigenvalue weighted by Crippen LogP contribution is 2.52. The lowest BCUT2D eigenvalue weighted by molar-refractivity contribution is -0.118. The highest BCUT2D eigenvalue weighted by Gasteiger charge is 2.41. The first-order valence-corrected chi connectivity index (χ1v) is 9.31. The van der Waals surface area contributed by atoms with Crippen molar-refractivity contribution in [2.75, 3.05) is 12.1 Å². The maximum Gasteiger partial charge on any atom is 0.231 e. The largest absolute Gasteiger partial charge is 0.504 e. The number of ether oxygens (including phenoxy) is 2. The van der Waals surface area contributed by atoms with Gasteiger partial charge in [0, 0.05) is 35.4 Å². The first kappa shape index (κ1) is 17.0. The molecule has 144 valence electrons. The van der Waals surface area contributed by atoms with Gasteiger partial charge in [0.15, 0.2) is 28.8 Å². The van der Waals surface area contributed by atoms with Gasteiger partial charge in [0.05, 0.1) is 0 Å². The first-order chi connectivity index (χ1) is 13.3. The summed E-state index contributed by atoms with van der Waals surface area (Å²) in [6.45, 7) is 4.35. The topological polar surface area (TPSA) is 88.0 Å². The van der Waals surface area contributed by atoms with Gasteiger partial charge in [0.2, 0.25) is 6.79 Å². The quantitative estimate of drug-likeness (QED) is 0.649. The van der Waals surface area contributed by atoms with E-state index in [-0.39, 0.29) is 35.4 Å². The van der Waals surface area contributed by atoms with Gasteiger partial charge in [-0.15, -0.1) is 0 Å². The Morgan fingerprint density at radius 2 is 1.79 bits per heavy atom. The summed E-state index contributed by atoms with van der Waals surface area (Å²) in [4.78, 5) is 13.2. The van der Waals surface area contributed by atoms with E-state index in [4.69, 9.17) is 9.47 Å². The van der Waals surface area contributed by atoms with Crippen LogP contribution in [0.2, 0.25) is 0 Å². The number of Topliss-reactive ketones (excluding diaryl/α,β-unsaturated/α-hetero) is 1. The summed E-state index contributed by atoms with van der Waals surface area (Å²) in [6, 6.07) is 8.53. The molecule has 6 heteroatoms. The van der Waals surface area contributed by atoms with Gasteiger partial charge in [-0.05, 0) is 41.2 Å². The molecule has 0 radical (unpaired) electrons. The van der Waals surface area contributed by atoms with Crippen LogP contribution in [0.4, 0.5) is 5.69 Å². The summed E-state index contributed by atoms with van der Waals surface area (Å²) in [7, 11) is 0. The van der Waals surface area contributed by atoms with Crippen LogP contribution in [0, 0.1) is 5.41 Å². The fraction of sp³-hybridized carbons (Fsp3) is 0.318. The molecule has 0 amide bonds. The van der Waals surface area contributed by atoms with Gasteiger partial charge in [0.25, 0.3) is 0 Å². The van der Waals surface area contributed by atoms with Crippen molar-refractivity contribution in [3.8, 4) is 23.0 Å². The third-order valence-corrected chi connectivity index (χ3v) is 5.68. The Hall–Kier alpha value is -3.15. The third kappa shape index (κ3) is 2.52. The molecule has 3 N–H and O–H groups in total. The number of aromatic hydroxyl groups is 2. The predicted molar refractivity (Wildman–Crippen MR) is 103 cm³/mol. The number of nitrogens with one attached hydrogen (secondary N) is 1. The summed E-state index contributed by atoms with van der Waals surface area (Å²) in [6.07, 6.45) is 1.22. The molecule has 2 aliphatic heterocycles. The average molecular weight is 379 g/mol. The Morgan fingerprint density at radius 3 is 2.54 bits per heavy atom. The first-order valence-electron chi connectivity index (χ1n) is 9.31. The highest BCUT2D eigenvalue weighted by atomic mass is 16.7. The number of allylic oxidation sites excluding steroid dienone is 2. The Kier molecular flexibility index (Phi) is 3.44. The summed E-state index contributed by atoms with van der Waals surface area (Å²) >= 11 is 0. The number of benzene rings is 2. The molecule has 0 spiro atoms. The lowest BCUT2D eigenvalue weighted by Gasteiger charge is -2.39. The van der Waals surface area contributed by atoms with Crippen LogP contribution in [0.5, 0.6) is 23.0 Å². The van der Waals surface area contributed by atoms with Crippen LogP contribution >= 0.6 is 0 Å². The molecule has 2 heterocycles. The number of ketones is 1. The standard InChI is InChI=1S/C22H21NO5/c1-22(2)8-14-21(17(26)9-22)20(11-3-4-15(24)16(25)5-11)12-6-18-19(28-10-27-18)7-13(12)23-14/h3-7,20,23-25H,8-10H2,1-2H3. The van der Waals surface area contributed by atoms with E-state index in [0.29, 0.717) is 17.9 Å². The number of carbonyl (C=O) groups is 1. The second-order valence-corrected chi connectivity index (χ2v) is 8.43. The van der Waals surface area contributed by atoms with Gasteiger partial charge < -0.3 is 25.0 Å². The second-order valence-electron chi connectivity index (χ2n) is 8.43. The Labute approximate surface area is 162 Å². The number of carbonyl (C=O) groups excluding carboxylic acids is 1. The van der Waals surface area contributed by atoms with E-state index in [1.54, 1.807) is 6.07 Å². The van der Waals surface area contributed by atoms with Crippen molar-refractivity contribution >= 4 is 11.5 Å². The lowest BCUT2D eigenvalue weighted by Crippen LogP contribution is -2.33. The molecule has 0 saturated heterocycles. The molecule has 28 heavy (non-hydrogen) atoms. The minimum atomic E-state index is -0.351. The molecule has 6 nitrogen and oxygen atoms in total. The number of fused-ring (bicyclic) bond motifs is 2. The van der Waals surface area contributed by atoms with Gasteiger partial charge in [-0.3, -0.25) is 4.79 Å². The molecular weight excluding hydrogens is 358 g/mol. The molecule has 5 rings (SSSR count). The van der Waals surface area contributed by atoms with E-state index >= 15 is 0 Å². The number of hydrogen-bond acceptors (Lipinski definition) is 6. The van der Waals surface area contributed by atoms with Crippen molar-refractivity contribution in [1.29, 1.82) is 0 Å². The molecule has 0 fully saturated rings. The van der Waals surface area contributed by atoms with E-state index in [2.05, 4.69) is 19.2 Å². The van der Waals surface area contributed by atoms with Crippen molar-refractivity contribution in [2.24, 2.45) is 5.41 Å². The highest BCUT2D eigenvalue weighted by molar-refractivity contribution is 6.01. The SMILES string of the molecule is CC1(C)CC(=O)C2=C(C1)Nc1cc3c(cc1C2c1ccc(O)c(O)c1)OCO3. The Morgan fingerprint density at radius 1 is 1.04 bits per heavy atom. The predicted octanol–water partition coefficient (Wildman–Crippen LogP) is 4.03. The monoisotopic (exact) mass is 379 g/mol. The normalized spacial score (nSPS) is 21.8. The van der Waals surface area contributed by atoms with Crippen LogP contribution in [0.15, 0.2) is 41.6 Å². The Bertz CT molecular complexity index is 1050. The van der Waals surface area contributed by atoms with Crippen LogP contribution in [0.25, 0.3) is 0 Å². The minimum absolute atomic E-state index is 0.0969. The molecule has 1 atom stereocenters. The fourth-order valence-electron chi connectivity index (χ4n) is 4.47. The van der Waals surface area contributed by atoms with Gasteiger partial charge in [-0.2, -0.15) is 0 Å². The van der Waals surface area contributed by atoms with Crippen molar-refractivity contribution in [2.45, 2.75) is 32.6 Å². The van der Waals surface area contributed by atoms with Crippen molar-refractivity contribution in [1.82, 2.24) is 0 Å². The molecule has 0 bridgehead atoms. The molecular formula is C22H21NO5. The number of phenols is 2. The van der Waals surface area contributed by atoms with Gasteiger partial charge in [0.1, 0.15) is 0 Å². The van der Waals surface area contributed by atoms with Crippen molar-refractivity contribution in [3.05, 3.63) is 52.7 Å². The van der Waals surface area contributed by atoms with Crippen LogP contribution in [-0.4, -0.2) is 22.8 Å². The molecule has 1 aliphatic carbocycles. The zero-order chi connectivity index (χ0) is 19.6. The summed E-state index contributed by atoms with van der Waals surface area (Å²) in [5, 5.41) is 23.3. The van der Waals surface area contributed by atoms with Gasteiger partial charge in [-0.25, -0.2) is 0 Å². The van der Waals surface area contributed by atoms with E-state index in [1.165, 1.54) is 12.1 Å². The van der Waals surface area contributed by atoms with Crippen LogP contribution in [0.3, 0.4) is 0 Å². The van der Waals surface area contributed by atoms with E-state index < -0.39 is 0 Å². The molecule has 2 aromatic rings. The minimum Gasteiger partial charge on any atom is -0.504 e. The Balaban J connectivity index is 1.74. The zero-order valence-electron chi connectivity index (χ0n) is 15.7. The van der Waals surface area contributed by atoms with Crippen LogP contribution < -0.4 is 14.8 Å². The number of anilines is 1. The number of phenolic OH excluding ortho intramolecular Hbond substituents is 2. The van der Waals surface area contributed by atoms with E-state index in [1.807, 2.05) is 12.1 Å². The van der Waals surface area contributed by atoms with Gasteiger partial charge >= 0.3 is 0 Å². The van der Waals surface area contributed by atoms with Crippen molar-refractivity contribution < 1.29 is 24.5 Å². The number of hydrogen-bond donors (Lipinski definition) is 3. The summed E-state index contributed by atoms with van der Waals surface area (Å²) < 4.78 is 11.1. The zero-order valence-corrected chi connectivity index (χ0v) is 15.7. The van der Waals surface area contributed by atoms with E-state index in [0.717, 1.165) is 34.5 Å². The molecule has 0 saturated carbocycles. The molecule has 2 aromatic carbocycles. The van der Waals surface area contributed by atoms with Gasteiger partial charge in [-0.1, -0.05) is 19.9 Å². The molecule has 1 unspecified atom stereocenters. The number of rotatable bonds is 1. The average Bonchev–Trinajstić information content (AvgIpc) is 3.07. The van der Waals surface area contributed by atoms with E-state index in [9.17, 15) is 15.0 Å². The smallest absolute Gasteiger partial charge is 0.231 e. The molecule has 0 aromatic heterocycles. The molecule has 3 aliphatic rings. The fourth-order valence-corrected chi connectivity index (χ4v) is 4.47. The summed E-state index contributed by atoms with van der Waals surface area (Å²) in [5.74, 6) is 0.665. The van der Waals surface area contributed by atoms with Crippen LogP contribution in [-0.2, 0) is 4.79 Å².